The second kappa shape index (κ2) is 4.72. The summed E-state index contributed by atoms with van der Waals surface area (Å²) in [5.41, 5.74) is 0. The van der Waals surface area contributed by atoms with Gasteiger partial charge in [0.25, 0.3) is 0 Å². The summed E-state index contributed by atoms with van der Waals surface area (Å²) >= 11 is 0. The number of aliphatic carboxylic acids is 1. The third-order valence-electron chi connectivity index (χ3n) is 1.64. The first-order valence-corrected chi connectivity index (χ1v) is 3.98. The van der Waals surface area contributed by atoms with E-state index in [2.05, 4.69) is 0 Å². The molecule has 1 atom stereocenters. The lowest BCUT2D eigenvalue weighted by Gasteiger charge is -1.98. The normalized spacial score (nSPS) is 24.2. The zero-order chi connectivity index (χ0) is 8.81. The van der Waals surface area contributed by atoms with Gasteiger partial charge in [0.15, 0.2) is 0 Å². The van der Waals surface area contributed by atoms with Crippen LogP contribution in [0.2, 0.25) is 0 Å². The summed E-state index contributed by atoms with van der Waals surface area (Å²) in [6.07, 6.45) is 8.52. The van der Waals surface area contributed by atoms with Crippen LogP contribution >= 0.6 is 0 Å². The molecule has 1 unspecified atom stereocenters. The number of hydrogen-bond acceptors (Lipinski definition) is 2. The molecule has 3 heteroatoms. The van der Waals surface area contributed by atoms with Crippen molar-refractivity contribution >= 4 is 5.97 Å². The Bertz CT molecular complexity index is 200. The van der Waals surface area contributed by atoms with Crippen molar-refractivity contribution in [2.24, 2.45) is 0 Å². The molecular weight excluding hydrogens is 156 g/mol. The lowest BCUT2D eigenvalue weighted by atomic mass is 10.2. The first kappa shape index (κ1) is 9.00. The SMILES string of the molecule is O=C(O)/C=C/C=C/C1CCCO1. The number of carboxylic acid groups (broad SMARTS) is 1. The number of ether oxygens (including phenoxy) is 1. The maximum Gasteiger partial charge on any atom is 0.328 e. The average Bonchev–Trinajstić information content (AvgIpc) is 2.49. The molecule has 3 nitrogen and oxygen atoms in total. The smallest absolute Gasteiger partial charge is 0.328 e. The van der Waals surface area contributed by atoms with Crippen LogP contribution in [0.15, 0.2) is 24.3 Å². The van der Waals surface area contributed by atoms with Crippen molar-refractivity contribution in [1.29, 1.82) is 0 Å². The van der Waals surface area contributed by atoms with E-state index >= 15 is 0 Å². The molecule has 0 radical (unpaired) electrons. The van der Waals surface area contributed by atoms with Crippen LogP contribution in [0.3, 0.4) is 0 Å². The molecule has 1 heterocycles. The number of rotatable bonds is 3. The van der Waals surface area contributed by atoms with Gasteiger partial charge in [-0.2, -0.15) is 0 Å². The Morgan fingerprint density at radius 2 is 2.33 bits per heavy atom. The minimum absolute atomic E-state index is 0.184. The van der Waals surface area contributed by atoms with Crippen LogP contribution in [-0.2, 0) is 9.53 Å². The molecule has 0 saturated carbocycles. The van der Waals surface area contributed by atoms with Gasteiger partial charge in [-0.25, -0.2) is 4.79 Å². The largest absolute Gasteiger partial charge is 0.478 e. The second-order valence-corrected chi connectivity index (χ2v) is 2.63. The van der Waals surface area contributed by atoms with E-state index in [4.69, 9.17) is 9.84 Å². The van der Waals surface area contributed by atoms with E-state index < -0.39 is 5.97 Å². The Morgan fingerprint density at radius 1 is 1.50 bits per heavy atom. The van der Waals surface area contributed by atoms with Gasteiger partial charge in [-0.3, -0.25) is 0 Å². The Kier molecular flexibility index (Phi) is 3.54. The topological polar surface area (TPSA) is 46.5 Å². The monoisotopic (exact) mass is 168 g/mol. The van der Waals surface area contributed by atoms with Crippen LogP contribution < -0.4 is 0 Å². The number of carbonyl (C=O) groups is 1. The van der Waals surface area contributed by atoms with E-state index in [1.807, 2.05) is 6.08 Å². The molecule has 0 aliphatic carbocycles. The van der Waals surface area contributed by atoms with Gasteiger partial charge < -0.3 is 9.84 Å². The molecule has 0 bridgehead atoms. The van der Waals surface area contributed by atoms with E-state index in [0.717, 1.165) is 25.5 Å². The van der Waals surface area contributed by atoms with Crippen molar-refractivity contribution in [2.75, 3.05) is 6.61 Å². The number of allylic oxidation sites excluding steroid dienone is 2. The summed E-state index contributed by atoms with van der Waals surface area (Å²) in [5, 5.41) is 8.25. The maximum absolute atomic E-state index is 10.0. The van der Waals surface area contributed by atoms with Crippen LogP contribution in [-0.4, -0.2) is 23.8 Å². The van der Waals surface area contributed by atoms with Crippen LogP contribution in [0.4, 0.5) is 0 Å². The summed E-state index contributed by atoms with van der Waals surface area (Å²) in [6.45, 7) is 0.817. The fourth-order valence-corrected chi connectivity index (χ4v) is 1.08. The predicted octanol–water partition coefficient (Wildman–Crippen LogP) is 1.36. The van der Waals surface area contributed by atoms with E-state index in [1.165, 1.54) is 6.08 Å². The molecule has 0 aromatic heterocycles. The van der Waals surface area contributed by atoms with Crippen molar-refractivity contribution in [3.8, 4) is 0 Å². The minimum atomic E-state index is -0.924. The van der Waals surface area contributed by atoms with E-state index in [0.29, 0.717) is 0 Å². The maximum atomic E-state index is 10.0. The van der Waals surface area contributed by atoms with E-state index in [-0.39, 0.29) is 6.10 Å². The summed E-state index contributed by atoms with van der Waals surface area (Å²) in [7, 11) is 0. The minimum Gasteiger partial charge on any atom is -0.478 e. The first-order chi connectivity index (χ1) is 5.79. The molecule has 12 heavy (non-hydrogen) atoms. The van der Waals surface area contributed by atoms with Gasteiger partial charge in [0.2, 0.25) is 0 Å². The van der Waals surface area contributed by atoms with Gasteiger partial charge in [0.05, 0.1) is 6.10 Å². The Hall–Kier alpha value is -1.09. The second-order valence-electron chi connectivity index (χ2n) is 2.63. The molecule has 1 rings (SSSR count). The highest BCUT2D eigenvalue weighted by atomic mass is 16.5. The Labute approximate surface area is 71.3 Å². The van der Waals surface area contributed by atoms with E-state index in [1.54, 1.807) is 6.08 Å². The van der Waals surface area contributed by atoms with Gasteiger partial charge in [-0.1, -0.05) is 18.2 Å². The van der Waals surface area contributed by atoms with Crippen molar-refractivity contribution in [3.05, 3.63) is 24.3 Å². The van der Waals surface area contributed by atoms with Crippen LogP contribution in [0, 0.1) is 0 Å². The zero-order valence-corrected chi connectivity index (χ0v) is 6.77. The molecule has 0 aromatic rings. The van der Waals surface area contributed by atoms with Crippen molar-refractivity contribution in [2.45, 2.75) is 18.9 Å². The first-order valence-electron chi connectivity index (χ1n) is 3.98. The molecule has 0 aromatic carbocycles. The molecule has 1 saturated heterocycles. The van der Waals surface area contributed by atoms with Crippen LogP contribution in [0.25, 0.3) is 0 Å². The van der Waals surface area contributed by atoms with Gasteiger partial charge in [-0.05, 0) is 12.8 Å². The lowest BCUT2D eigenvalue weighted by Crippen LogP contribution is -1.98. The quantitative estimate of drug-likeness (QED) is 0.511. The fraction of sp³-hybridized carbons (Fsp3) is 0.444. The molecule has 0 amide bonds. The van der Waals surface area contributed by atoms with Gasteiger partial charge >= 0.3 is 5.97 Å². The molecule has 66 valence electrons. The van der Waals surface area contributed by atoms with Gasteiger partial charge in [-0.15, -0.1) is 0 Å². The molecule has 1 aliphatic heterocycles. The predicted molar refractivity (Wildman–Crippen MR) is 44.9 cm³/mol. The highest BCUT2D eigenvalue weighted by Crippen LogP contribution is 2.12. The molecule has 1 fully saturated rings. The molecule has 1 N–H and O–H groups in total. The van der Waals surface area contributed by atoms with Crippen molar-refractivity contribution in [1.82, 2.24) is 0 Å². The van der Waals surface area contributed by atoms with Crippen molar-refractivity contribution in [3.63, 3.8) is 0 Å². The average molecular weight is 168 g/mol. The third kappa shape index (κ3) is 3.34. The molecular formula is C9H12O3. The number of carboxylic acids is 1. The van der Waals surface area contributed by atoms with E-state index in [9.17, 15) is 4.79 Å². The van der Waals surface area contributed by atoms with Gasteiger partial charge in [0, 0.05) is 12.7 Å². The number of hydrogen-bond donors (Lipinski definition) is 1. The van der Waals surface area contributed by atoms with Crippen molar-refractivity contribution < 1.29 is 14.6 Å². The Morgan fingerprint density at radius 3 is 2.92 bits per heavy atom. The molecule has 1 aliphatic rings. The Balaban J connectivity index is 2.24. The van der Waals surface area contributed by atoms with Crippen LogP contribution in [0.5, 0.6) is 0 Å². The van der Waals surface area contributed by atoms with Gasteiger partial charge in [0.1, 0.15) is 0 Å². The highest BCUT2D eigenvalue weighted by molar-refractivity contribution is 5.80. The summed E-state index contributed by atoms with van der Waals surface area (Å²) in [5.74, 6) is -0.924. The summed E-state index contributed by atoms with van der Waals surface area (Å²) in [6, 6.07) is 0. The standard InChI is InChI=1S/C9H12O3/c10-9(11)6-2-1-4-8-5-3-7-12-8/h1-2,4,6,8H,3,5,7H2,(H,10,11)/b4-1+,6-2+. The highest BCUT2D eigenvalue weighted by Gasteiger charge is 2.10. The fourth-order valence-electron chi connectivity index (χ4n) is 1.08. The lowest BCUT2D eigenvalue weighted by molar-refractivity contribution is -0.131. The summed E-state index contributed by atoms with van der Waals surface area (Å²) in [4.78, 5) is 10.0. The third-order valence-corrected chi connectivity index (χ3v) is 1.64. The summed E-state index contributed by atoms with van der Waals surface area (Å²) < 4.78 is 5.29. The molecule has 0 spiro atoms. The van der Waals surface area contributed by atoms with Crippen LogP contribution in [0.1, 0.15) is 12.8 Å². The zero-order valence-electron chi connectivity index (χ0n) is 6.77.